The molecule has 0 aromatic carbocycles. The van der Waals surface area contributed by atoms with Gasteiger partial charge in [0.05, 0.1) is 6.67 Å². The summed E-state index contributed by atoms with van der Waals surface area (Å²) in [6.45, 7) is 0.779. The lowest BCUT2D eigenvalue weighted by Gasteiger charge is -2.01. The summed E-state index contributed by atoms with van der Waals surface area (Å²) in [6.07, 6.45) is 0. The largest absolute Gasteiger partial charge is 0.314 e. The highest BCUT2D eigenvalue weighted by Crippen LogP contribution is 1.95. The van der Waals surface area contributed by atoms with E-state index in [-0.39, 0.29) is 6.61 Å². The van der Waals surface area contributed by atoms with Gasteiger partial charge in [-0.15, -0.1) is 10.1 Å². The molecule has 0 aromatic rings. The Bertz CT molecular complexity index is 97.8. The molecule has 0 spiro atoms. The summed E-state index contributed by atoms with van der Waals surface area (Å²) < 4.78 is 11.5. The quantitative estimate of drug-likeness (QED) is 0.425. The fourth-order valence-electron chi connectivity index (χ4n) is 0.233. The molecule has 0 aliphatic rings. The molecule has 0 amide bonds. The second kappa shape index (κ2) is 4.05. The molecule has 0 saturated heterocycles. The Kier molecular flexibility index (Phi) is 3.66. The summed E-state index contributed by atoms with van der Waals surface area (Å²) in [5, 5.41) is 8.56. The van der Waals surface area contributed by atoms with E-state index in [0.717, 1.165) is 0 Å². The minimum atomic E-state index is -0.924. The maximum absolute atomic E-state index is 11.5. The topological polar surface area (TPSA) is 52.4 Å². The third-order valence-corrected chi connectivity index (χ3v) is 0.728. The fraction of sp³-hybridized carbons (Fsp3) is 1.00. The Morgan fingerprint density at radius 1 is 1.89 bits per heavy atom. The number of halogens is 1. The lowest BCUT2D eigenvalue weighted by Crippen LogP contribution is -2.11. The lowest BCUT2D eigenvalue weighted by molar-refractivity contribution is -0.759. The van der Waals surface area contributed by atoms with E-state index >= 15 is 0 Å². The summed E-state index contributed by atoms with van der Waals surface area (Å²) in [4.78, 5) is 13.4. The molecule has 0 N–H and O–H groups in total. The second-order valence-corrected chi connectivity index (χ2v) is 1.78. The lowest BCUT2D eigenvalue weighted by atomic mass is 10.2. The van der Waals surface area contributed by atoms with Gasteiger partial charge >= 0.3 is 0 Å². The van der Waals surface area contributed by atoms with E-state index in [1.807, 2.05) is 0 Å². The Morgan fingerprint density at radius 3 is 2.78 bits per heavy atom. The molecule has 1 unspecified atom stereocenters. The number of nitrogens with zero attached hydrogens (tertiary/aromatic N) is 1. The molecule has 4 nitrogen and oxygen atoms in total. The molecule has 0 aliphatic carbocycles. The van der Waals surface area contributed by atoms with Gasteiger partial charge in [0, 0.05) is 5.92 Å². The van der Waals surface area contributed by atoms with Crippen molar-refractivity contribution in [3.05, 3.63) is 10.1 Å². The van der Waals surface area contributed by atoms with Gasteiger partial charge in [-0.25, -0.2) is 0 Å². The highest BCUT2D eigenvalue weighted by Gasteiger charge is 2.02. The van der Waals surface area contributed by atoms with Crippen LogP contribution >= 0.6 is 0 Å². The first-order chi connectivity index (χ1) is 4.16. The van der Waals surface area contributed by atoms with Gasteiger partial charge in [0.25, 0.3) is 5.09 Å². The van der Waals surface area contributed by atoms with Crippen molar-refractivity contribution in [1.82, 2.24) is 0 Å². The zero-order valence-electron chi connectivity index (χ0n) is 5.04. The third kappa shape index (κ3) is 4.99. The van der Waals surface area contributed by atoms with Crippen molar-refractivity contribution >= 4 is 0 Å². The summed E-state index contributed by atoms with van der Waals surface area (Å²) in [6, 6.07) is 0. The second-order valence-electron chi connectivity index (χ2n) is 1.78. The number of rotatable bonds is 4. The van der Waals surface area contributed by atoms with Crippen LogP contribution in [0.2, 0.25) is 0 Å². The van der Waals surface area contributed by atoms with E-state index in [4.69, 9.17) is 0 Å². The predicted molar refractivity (Wildman–Crippen MR) is 28.1 cm³/mol. The third-order valence-electron chi connectivity index (χ3n) is 0.728. The van der Waals surface area contributed by atoms with Crippen LogP contribution in [0, 0.1) is 16.0 Å². The van der Waals surface area contributed by atoms with Crippen LogP contribution in [0.4, 0.5) is 4.39 Å². The fourth-order valence-corrected chi connectivity index (χ4v) is 0.233. The van der Waals surface area contributed by atoms with Crippen molar-refractivity contribution in [2.45, 2.75) is 6.92 Å². The van der Waals surface area contributed by atoms with E-state index < -0.39 is 17.7 Å². The van der Waals surface area contributed by atoms with Crippen molar-refractivity contribution < 1.29 is 14.3 Å². The van der Waals surface area contributed by atoms with Crippen LogP contribution < -0.4 is 0 Å². The number of hydrogen-bond donors (Lipinski definition) is 0. The molecule has 0 radical (unpaired) electrons. The highest BCUT2D eigenvalue weighted by atomic mass is 19.1. The van der Waals surface area contributed by atoms with Gasteiger partial charge in [-0.3, -0.25) is 4.39 Å². The Labute approximate surface area is 51.7 Å². The maximum atomic E-state index is 11.5. The molecule has 0 aliphatic heterocycles. The van der Waals surface area contributed by atoms with Crippen molar-refractivity contribution in [1.29, 1.82) is 0 Å². The van der Waals surface area contributed by atoms with Gasteiger partial charge in [-0.1, -0.05) is 6.92 Å². The van der Waals surface area contributed by atoms with Gasteiger partial charge in [0.15, 0.2) is 0 Å². The maximum Gasteiger partial charge on any atom is 0.294 e. The Balaban J connectivity index is 3.16. The van der Waals surface area contributed by atoms with Crippen LogP contribution in [0.1, 0.15) is 6.92 Å². The molecule has 1 atom stereocenters. The van der Waals surface area contributed by atoms with Crippen molar-refractivity contribution in [2.75, 3.05) is 13.3 Å². The van der Waals surface area contributed by atoms with Gasteiger partial charge < -0.3 is 4.84 Å². The van der Waals surface area contributed by atoms with E-state index in [9.17, 15) is 14.5 Å². The van der Waals surface area contributed by atoms with Crippen LogP contribution in [-0.4, -0.2) is 18.4 Å². The minimum absolute atomic E-state index is 0.163. The Hall–Kier alpha value is -0.870. The average Bonchev–Trinajstić information content (AvgIpc) is 1.83. The van der Waals surface area contributed by atoms with Crippen molar-refractivity contribution in [3.8, 4) is 0 Å². The van der Waals surface area contributed by atoms with Crippen LogP contribution in [0.3, 0.4) is 0 Å². The van der Waals surface area contributed by atoms with Crippen LogP contribution in [-0.2, 0) is 4.84 Å². The van der Waals surface area contributed by atoms with E-state index in [1.54, 1.807) is 0 Å². The molecule has 0 saturated carbocycles. The van der Waals surface area contributed by atoms with E-state index in [0.29, 0.717) is 0 Å². The summed E-state index contributed by atoms with van der Waals surface area (Å²) in [5.74, 6) is -0.393. The average molecular weight is 137 g/mol. The molecule has 54 valence electrons. The zero-order valence-corrected chi connectivity index (χ0v) is 5.04. The first-order valence-electron chi connectivity index (χ1n) is 2.50. The highest BCUT2D eigenvalue weighted by molar-refractivity contribution is 4.43. The van der Waals surface area contributed by atoms with Gasteiger partial charge in [-0.2, -0.15) is 0 Å². The van der Waals surface area contributed by atoms with E-state index in [2.05, 4.69) is 4.84 Å². The van der Waals surface area contributed by atoms with Crippen LogP contribution in [0.25, 0.3) is 0 Å². The Morgan fingerprint density at radius 2 is 2.44 bits per heavy atom. The summed E-state index contributed by atoms with van der Waals surface area (Å²) >= 11 is 0. The standard InChI is InChI=1S/C4H8FNO3/c1-4(2-5)3-9-6(7)8/h4H,2-3H2,1H3. The van der Waals surface area contributed by atoms with Gasteiger partial charge in [-0.05, 0) is 0 Å². The minimum Gasteiger partial charge on any atom is -0.314 e. The van der Waals surface area contributed by atoms with Gasteiger partial charge in [0.2, 0.25) is 0 Å². The summed E-state index contributed by atoms with van der Waals surface area (Å²) in [5.41, 5.74) is 0. The zero-order chi connectivity index (χ0) is 7.28. The molecular weight excluding hydrogens is 129 g/mol. The monoisotopic (exact) mass is 137 g/mol. The first kappa shape index (κ1) is 8.13. The molecule has 0 aromatic heterocycles. The van der Waals surface area contributed by atoms with Crippen molar-refractivity contribution in [2.24, 2.45) is 5.92 Å². The normalized spacial score (nSPS) is 12.7. The van der Waals surface area contributed by atoms with Gasteiger partial charge in [0.1, 0.15) is 6.61 Å². The molecule has 0 heterocycles. The molecule has 5 heteroatoms. The molecule has 0 fully saturated rings. The summed E-state index contributed by atoms with van der Waals surface area (Å²) in [7, 11) is 0. The van der Waals surface area contributed by atoms with Crippen LogP contribution in [0.5, 0.6) is 0 Å². The predicted octanol–water partition coefficient (Wildman–Crippen LogP) is 0.800. The first-order valence-corrected chi connectivity index (χ1v) is 2.50. The molecular formula is C4H8FNO3. The molecule has 9 heavy (non-hydrogen) atoms. The smallest absolute Gasteiger partial charge is 0.294 e. The molecule has 0 rings (SSSR count). The van der Waals surface area contributed by atoms with Crippen LogP contribution in [0.15, 0.2) is 0 Å². The SMILES string of the molecule is CC(CF)CO[N+](=O)[O-]. The van der Waals surface area contributed by atoms with E-state index in [1.165, 1.54) is 6.92 Å². The molecule has 0 bridgehead atoms. The number of alkyl halides is 1. The number of hydrogen-bond acceptors (Lipinski definition) is 3. The van der Waals surface area contributed by atoms with Crippen molar-refractivity contribution in [3.63, 3.8) is 0 Å².